The molecule has 2 aromatic carbocycles. The van der Waals surface area contributed by atoms with Gasteiger partial charge >= 0.3 is 0 Å². The first-order chi connectivity index (χ1) is 17.1. The van der Waals surface area contributed by atoms with Crippen LogP contribution in [0.3, 0.4) is 0 Å². The van der Waals surface area contributed by atoms with Gasteiger partial charge in [0, 0.05) is 24.2 Å². The first-order valence-electron chi connectivity index (χ1n) is 12.7. The number of carbonyl (C=O) groups excluding carboxylic acids is 1. The average Bonchev–Trinajstić information content (AvgIpc) is 3.32. The molecule has 4 rings (SSSR count). The summed E-state index contributed by atoms with van der Waals surface area (Å²) >= 11 is 0. The summed E-state index contributed by atoms with van der Waals surface area (Å²) in [4.78, 5) is 16.4. The molecule has 5 nitrogen and oxygen atoms in total. The van der Waals surface area contributed by atoms with E-state index < -0.39 is 17.3 Å². The predicted octanol–water partition coefficient (Wildman–Crippen LogP) is 5.07. The van der Waals surface area contributed by atoms with E-state index in [1.165, 1.54) is 30.3 Å². The van der Waals surface area contributed by atoms with E-state index >= 15 is 0 Å². The van der Waals surface area contributed by atoms with Crippen LogP contribution in [0.4, 0.5) is 13.2 Å². The molecule has 2 aliphatic rings. The zero-order chi connectivity index (χ0) is 25.9. The van der Waals surface area contributed by atoms with Gasteiger partial charge in [0.1, 0.15) is 11.5 Å². The highest BCUT2D eigenvalue weighted by Crippen LogP contribution is 2.30. The third-order valence-electron chi connectivity index (χ3n) is 7.09. The largest absolute Gasteiger partial charge is 0.490 e. The quantitative estimate of drug-likeness (QED) is 0.546. The molecule has 0 aromatic heterocycles. The van der Waals surface area contributed by atoms with Crippen LogP contribution in [-0.2, 0) is 0 Å². The maximum atomic E-state index is 14.9. The molecule has 1 unspecified atom stereocenters. The Morgan fingerprint density at radius 3 is 2.44 bits per heavy atom. The van der Waals surface area contributed by atoms with Gasteiger partial charge in [-0.15, -0.1) is 0 Å². The van der Waals surface area contributed by atoms with Gasteiger partial charge in [-0.2, -0.15) is 0 Å². The van der Waals surface area contributed by atoms with Crippen molar-refractivity contribution in [3.63, 3.8) is 0 Å². The lowest BCUT2D eigenvalue weighted by Crippen LogP contribution is -2.41. The van der Waals surface area contributed by atoms with E-state index in [2.05, 4.69) is 4.90 Å². The zero-order valence-electron chi connectivity index (χ0n) is 21.0. The highest BCUT2D eigenvalue weighted by Gasteiger charge is 2.29. The number of hydrogen-bond donors (Lipinski definition) is 1. The van der Waals surface area contributed by atoms with Crippen LogP contribution in [0.15, 0.2) is 36.4 Å². The standard InChI is InChI=1S/C28H35F3N2O3/c1-28(2,31)18-32-12-9-19(10-13-32)17-36-26-8-6-20(14-25(26)30)23-7-5-21(15-24(23)29)27(35)33-11-3-4-22(33)16-34/h5-8,14-15,19,22,34H,3-4,9-13,16-18H2,1-2H3. The van der Waals surface area contributed by atoms with Crippen LogP contribution in [0.5, 0.6) is 5.75 Å². The molecule has 2 heterocycles. The number of piperidine rings is 1. The second-order valence-corrected chi connectivity index (χ2v) is 10.6. The minimum Gasteiger partial charge on any atom is -0.490 e. The number of halogens is 3. The van der Waals surface area contributed by atoms with E-state index in [1.807, 2.05) is 0 Å². The number of likely N-dealkylation sites (tertiary alicyclic amines) is 2. The molecule has 8 heteroatoms. The van der Waals surface area contributed by atoms with Crippen molar-refractivity contribution in [1.29, 1.82) is 0 Å². The Kier molecular flexibility index (Phi) is 8.25. The molecule has 36 heavy (non-hydrogen) atoms. The van der Waals surface area contributed by atoms with Crippen LogP contribution in [0.25, 0.3) is 11.1 Å². The Labute approximate surface area is 210 Å². The Morgan fingerprint density at radius 2 is 1.81 bits per heavy atom. The van der Waals surface area contributed by atoms with Crippen LogP contribution in [0, 0.1) is 17.6 Å². The fraction of sp³-hybridized carbons (Fsp3) is 0.536. The van der Waals surface area contributed by atoms with Crippen molar-refractivity contribution in [3.05, 3.63) is 53.6 Å². The molecule has 0 saturated carbocycles. The van der Waals surface area contributed by atoms with Crippen molar-refractivity contribution in [2.45, 2.75) is 51.2 Å². The Morgan fingerprint density at radius 1 is 1.06 bits per heavy atom. The summed E-state index contributed by atoms with van der Waals surface area (Å²) in [6.45, 7) is 5.94. The maximum Gasteiger partial charge on any atom is 0.254 e. The SMILES string of the molecule is CC(C)(F)CN1CCC(COc2ccc(-c3ccc(C(=O)N4CCCC4CO)cc3F)cc2F)CC1. The van der Waals surface area contributed by atoms with E-state index in [9.17, 15) is 23.1 Å². The van der Waals surface area contributed by atoms with Gasteiger partial charge < -0.3 is 19.6 Å². The van der Waals surface area contributed by atoms with Gasteiger partial charge in [-0.1, -0.05) is 12.1 Å². The van der Waals surface area contributed by atoms with Gasteiger partial charge in [0.2, 0.25) is 0 Å². The minimum absolute atomic E-state index is 0.113. The summed E-state index contributed by atoms with van der Waals surface area (Å²) in [5.41, 5.74) is -0.466. The van der Waals surface area contributed by atoms with Gasteiger partial charge in [0.05, 0.1) is 19.3 Å². The van der Waals surface area contributed by atoms with E-state index in [4.69, 9.17) is 4.74 Å². The third-order valence-corrected chi connectivity index (χ3v) is 7.09. The topological polar surface area (TPSA) is 53.0 Å². The van der Waals surface area contributed by atoms with Gasteiger partial charge in [-0.25, -0.2) is 13.2 Å². The summed E-state index contributed by atoms with van der Waals surface area (Å²) in [7, 11) is 0. The van der Waals surface area contributed by atoms with E-state index in [1.54, 1.807) is 24.8 Å². The number of rotatable bonds is 8. The molecule has 2 fully saturated rings. The first kappa shape index (κ1) is 26.5. The number of hydrogen-bond acceptors (Lipinski definition) is 4. The number of ether oxygens (including phenoxy) is 1. The summed E-state index contributed by atoms with van der Waals surface area (Å²) in [5.74, 6) is -1.12. The number of amides is 1. The summed E-state index contributed by atoms with van der Waals surface area (Å²) < 4.78 is 49.3. The maximum absolute atomic E-state index is 14.9. The van der Waals surface area contributed by atoms with Crippen LogP contribution >= 0.6 is 0 Å². The number of alkyl halides is 1. The molecule has 2 saturated heterocycles. The molecule has 196 valence electrons. The Hall–Kier alpha value is -2.58. The van der Waals surface area contributed by atoms with Crippen LogP contribution < -0.4 is 4.74 Å². The molecule has 0 aliphatic carbocycles. The summed E-state index contributed by atoms with van der Waals surface area (Å²) in [6.07, 6.45) is 3.26. The number of benzene rings is 2. The smallest absolute Gasteiger partial charge is 0.254 e. The Balaban J connectivity index is 1.36. The van der Waals surface area contributed by atoms with Gasteiger partial charge in [-0.3, -0.25) is 4.79 Å². The third kappa shape index (κ3) is 6.40. The highest BCUT2D eigenvalue weighted by molar-refractivity contribution is 5.95. The zero-order valence-corrected chi connectivity index (χ0v) is 21.0. The Bertz CT molecular complexity index is 1060. The molecule has 0 bridgehead atoms. The molecule has 0 radical (unpaired) electrons. The van der Waals surface area contributed by atoms with Crippen LogP contribution in [-0.4, -0.2) is 71.9 Å². The van der Waals surface area contributed by atoms with Crippen molar-refractivity contribution in [2.24, 2.45) is 5.92 Å². The minimum atomic E-state index is -1.22. The number of carbonyl (C=O) groups is 1. The lowest BCUT2D eigenvalue weighted by Gasteiger charge is -2.34. The monoisotopic (exact) mass is 504 g/mol. The van der Waals surface area contributed by atoms with Crippen molar-refractivity contribution < 1.29 is 27.8 Å². The van der Waals surface area contributed by atoms with E-state index in [-0.39, 0.29) is 41.4 Å². The van der Waals surface area contributed by atoms with E-state index in [0.29, 0.717) is 25.3 Å². The lowest BCUT2D eigenvalue weighted by molar-refractivity contribution is 0.0677. The molecular weight excluding hydrogens is 469 g/mol. The highest BCUT2D eigenvalue weighted by atomic mass is 19.1. The first-order valence-corrected chi connectivity index (χ1v) is 12.7. The van der Waals surface area contributed by atoms with Crippen molar-refractivity contribution >= 4 is 5.91 Å². The summed E-state index contributed by atoms with van der Waals surface area (Å²) in [5, 5.41) is 9.46. The summed E-state index contributed by atoms with van der Waals surface area (Å²) in [6, 6.07) is 8.29. The van der Waals surface area contributed by atoms with Gasteiger partial charge in [-0.05, 0) is 88.4 Å². The van der Waals surface area contributed by atoms with Crippen LogP contribution in [0.2, 0.25) is 0 Å². The second-order valence-electron chi connectivity index (χ2n) is 10.6. The fourth-order valence-corrected chi connectivity index (χ4v) is 5.18. The van der Waals surface area contributed by atoms with Gasteiger partial charge in [0.15, 0.2) is 11.6 Å². The lowest BCUT2D eigenvalue weighted by atomic mass is 9.96. The molecular formula is C28H35F3N2O3. The van der Waals surface area contributed by atoms with E-state index in [0.717, 1.165) is 38.8 Å². The molecule has 2 aromatic rings. The average molecular weight is 505 g/mol. The molecule has 1 N–H and O–H groups in total. The molecule has 2 aliphatic heterocycles. The van der Waals surface area contributed by atoms with Crippen LogP contribution in [0.1, 0.15) is 49.9 Å². The molecule has 0 spiro atoms. The number of aliphatic hydroxyl groups excluding tert-OH is 1. The van der Waals surface area contributed by atoms with Gasteiger partial charge in [0.25, 0.3) is 5.91 Å². The van der Waals surface area contributed by atoms with Crippen molar-refractivity contribution in [1.82, 2.24) is 9.80 Å². The van der Waals surface area contributed by atoms with Crippen molar-refractivity contribution in [2.75, 3.05) is 39.4 Å². The second kappa shape index (κ2) is 11.2. The normalized spacial score (nSPS) is 19.6. The number of aliphatic hydroxyl groups is 1. The molecule has 1 amide bonds. The predicted molar refractivity (Wildman–Crippen MR) is 133 cm³/mol. The van der Waals surface area contributed by atoms with Crippen molar-refractivity contribution in [3.8, 4) is 16.9 Å². The molecule has 1 atom stereocenters. The fourth-order valence-electron chi connectivity index (χ4n) is 5.18. The number of nitrogens with zero attached hydrogens (tertiary/aromatic N) is 2.